The van der Waals surface area contributed by atoms with Crippen LogP contribution in [0.5, 0.6) is 0 Å². The van der Waals surface area contributed by atoms with Crippen LogP contribution < -0.4 is 5.32 Å². The van der Waals surface area contributed by atoms with Crippen LogP contribution in [0.4, 0.5) is 0 Å². The van der Waals surface area contributed by atoms with Gasteiger partial charge in [0.05, 0.1) is 6.61 Å². The van der Waals surface area contributed by atoms with Crippen molar-refractivity contribution >= 4 is 11.7 Å². The first-order valence-corrected chi connectivity index (χ1v) is 7.37. The van der Waals surface area contributed by atoms with Crippen molar-refractivity contribution in [2.45, 2.75) is 63.8 Å². The molecule has 0 bridgehead atoms. The van der Waals surface area contributed by atoms with Crippen LogP contribution in [0.1, 0.15) is 33.1 Å². The first-order valence-electron chi connectivity index (χ1n) is 7.37. The molecule has 4 N–H and O–H groups in total. The predicted molar refractivity (Wildman–Crippen MR) is 75.8 cm³/mol. The molecule has 0 aromatic heterocycles. The maximum absolute atomic E-state index is 11.2. The number of unbranched alkanes of at least 4 members (excludes halogenated alkanes) is 1. The lowest BCUT2D eigenvalue weighted by Gasteiger charge is -2.42. The quantitative estimate of drug-likeness (QED) is 0.410. The van der Waals surface area contributed by atoms with Gasteiger partial charge >= 0.3 is 0 Å². The highest BCUT2D eigenvalue weighted by Gasteiger charge is 2.45. The van der Waals surface area contributed by atoms with Crippen molar-refractivity contribution in [1.29, 1.82) is 0 Å². The smallest absolute Gasteiger partial charge is 0.217 e. The molecule has 1 amide bonds. The van der Waals surface area contributed by atoms with E-state index in [1.807, 2.05) is 0 Å². The zero-order chi connectivity index (χ0) is 16.7. The molecule has 2 unspecified atom stereocenters. The summed E-state index contributed by atoms with van der Waals surface area (Å²) in [5.74, 6) is -0.295. The first-order chi connectivity index (χ1) is 10.4. The largest absolute Gasteiger partial charge is 0.394 e. The van der Waals surface area contributed by atoms with Gasteiger partial charge in [0.1, 0.15) is 30.1 Å². The lowest BCUT2D eigenvalue weighted by molar-refractivity contribution is -0.270. The van der Waals surface area contributed by atoms with Crippen molar-refractivity contribution in [1.82, 2.24) is 5.32 Å². The van der Waals surface area contributed by atoms with Gasteiger partial charge in [-0.1, -0.05) is 0 Å². The highest BCUT2D eigenvalue weighted by atomic mass is 16.7. The summed E-state index contributed by atoms with van der Waals surface area (Å²) in [4.78, 5) is 22.1. The van der Waals surface area contributed by atoms with Crippen LogP contribution >= 0.6 is 0 Å². The second kappa shape index (κ2) is 9.16. The summed E-state index contributed by atoms with van der Waals surface area (Å²) in [5, 5.41) is 31.5. The molecule has 8 heteroatoms. The van der Waals surface area contributed by atoms with Gasteiger partial charge in [0.15, 0.2) is 6.29 Å². The van der Waals surface area contributed by atoms with Gasteiger partial charge in [0.25, 0.3) is 0 Å². The third kappa shape index (κ3) is 5.62. The molecular weight excluding hydrogens is 294 g/mol. The van der Waals surface area contributed by atoms with E-state index in [9.17, 15) is 19.8 Å². The lowest BCUT2D eigenvalue weighted by Crippen LogP contribution is -2.64. The van der Waals surface area contributed by atoms with Crippen LogP contribution in [-0.4, -0.2) is 70.9 Å². The van der Waals surface area contributed by atoms with E-state index in [1.54, 1.807) is 0 Å². The maximum atomic E-state index is 11.2. The van der Waals surface area contributed by atoms with Crippen molar-refractivity contribution < 1.29 is 34.4 Å². The minimum absolute atomic E-state index is 0.101. The third-order valence-corrected chi connectivity index (χ3v) is 3.46. The molecule has 1 saturated heterocycles. The van der Waals surface area contributed by atoms with Gasteiger partial charge in [-0.2, -0.15) is 0 Å². The average Bonchev–Trinajstić information content (AvgIpc) is 2.45. The number of hydrogen-bond acceptors (Lipinski definition) is 7. The number of aliphatic hydroxyl groups excluding tert-OH is 3. The van der Waals surface area contributed by atoms with Crippen molar-refractivity contribution in [3.63, 3.8) is 0 Å². The van der Waals surface area contributed by atoms with Crippen LogP contribution in [0.15, 0.2) is 0 Å². The summed E-state index contributed by atoms with van der Waals surface area (Å²) < 4.78 is 10.9. The van der Waals surface area contributed by atoms with E-state index in [-0.39, 0.29) is 12.4 Å². The standard InChI is InChI=1S/C14H25NO7/c1-8(17)5-3-4-6-21-14-11(15-9(2)18)13(20)12(19)10(7-16)22-14/h10-14,16,19-20H,3-7H2,1-2H3,(H,15,18)/t10?,11-,12+,13?,14+/m0/s1. The summed E-state index contributed by atoms with van der Waals surface area (Å²) in [7, 11) is 0. The Bertz CT molecular complexity index is 376. The number of carbonyl (C=O) groups is 2. The number of carbonyl (C=O) groups excluding carboxylic acids is 2. The number of ether oxygens (including phenoxy) is 2. The van der Waals surface area contributed by atoms with Crippen LogP contribution in [0.2, 0.25) is 0 Å². The predicted octanol–water partition coefficient (Wildman–Crippen LogP) is -1.29. The van der Waals surface area contributed by atoms with E-state index in [4.69, 9.17) is 14.6 Å². The third-order valence-electron chi connectivity index (χ3n) is 3.46. The van der Waals surface area contributed by atoms with Crippen LogP contribution in [-0.2, 0) is 19.1 Å². The maximum Gasteiger partial charge on any atom is 0.217 e. The highest BCUT2D eigenvalue weighted by molar-refractivity contribution is 5.75. The molecule has 0 spiro atoms. The minimum atomic E-state index is -1.32. The highest BCUT2D eigenvalue weighted by Crippen LogP contribution is 2.22. The number of rotatable bonds is 8. The van der Waals surface area contributed by atoms with Gasteiger partial charge in [0, 0.05) is 20.0 Å². The molecule has 8 nitrogen and oxygen atoms in total. The number of nitrogens with one attached hydrogen (secondary N) is 1. The van der Waals surface area contributed by atoms with E-state index in [2.05, 4.69) is 5.32 Å². The monoisotopic (exact) mass is 319 g/mol. The SMILES string of the molecule is CC(=O)CCCCO[C@@H]1OC(CO)[C@@H](O)C(O)[C@@H]1NC(C)=O. The van der Waals surface area contributed by atoms with Crippen molar-refractivity contribution in [2.75, 3.05) is 13.2 Å². The fraction of sp³-hybridized carbons (Fsp3) is 0.857. The summed E-state index contributed by atoms with van der Waals surface area (Å²) in [6.07, 6.45) is -2.84. The number of aliphatic hydroxyl groups is 3. The van der Waals surface area contributed by atoms with Crippen LogP contribution in [0, 0.1) is 0 Å². The molecule has 1 aliphatic rings. The summed E-state index contributed by atoms with van der Waals surface area (Å²) in [6, 6.07) is -0.928. The first kappa shape index (κ1) is 19.0. The molecule has 22 heavy (non-hydrogen) atoms. The van der Waals surface area contributed by atoms with Crippen LogP contribution in [0.25, 0.3) is 0 Å². The molecule has 1 aliphatic heterocycles. The van der Waals surface area contributed by atoms with Gasteiger partial charge in [-0.05, 0) is 19.8 Å². The van der Waals surface area contributed by atoms with E-state index in [1.165, 1.54) is 13.8 Å². The van der Waals surface area contributed by atoms with E-state index in [0.717, 1.165) is 0 Å². The van der Waals surface area contributed by atoms with E-state index >= 15 is 0 Å². The summed E-state index contributed by atoms with van der Waals surface area (Å²) >= 11 is 0. The Kier molecular flexibility index (Phi) is 7.91. The van der Waals surface area contributed by atoms with E-state index < -0.39 is 43.2 Å². The number of hydrogen-bond donors (Lipinski definition) is 4. The molecule has 0 aromatic rings. The van der Waals surface area contributed by atoms with Crippen molar-refractivity contribution in [2.24, 2.45) is 0 Å². The Labute approximate surface area is 129 Å². The summed E-state index contributed by atoms with van der Waals surface area (Å²) in [6.45, 7) is 2.59. The molecular formula is C14H25NO7. The van der Waals surface area contributed by atoms with Crippen LogP contribution in [0.3, 0.4) is 0 Å². The van der Waals surface area contributed by atoms with E-state index in [0.29, 0.717) is 19.3 Å². The molecule has 1 rings (SSSR count). The Hall–Kier alpha value is -1.06. The molecule has 1 heterocycles. The topological polar surface area (TPSA) is 125 Å². The molecule has 0 aromatic carbocycles. The summed E-state index contributed by atoms with van der Waals surface area (Å²) in [5.41, 5.74) is 0. The molecule has 0 saturated carbocycles. The minimum Gasteiger partial charge on any atom is -0.394 e. The Balaban J connectivity index is 2.57. The number of Topliss-reactive ketones (excluding diaryl/α,β-unsaturated/α-hetero) is 1. The van der Waals surface area contributed by atoms with Gasteiger partial charge in [-0.3, -0.25) is 4.79 Å². The average molecular weight is 319 g/mol. The second-order valence-corrected chi connectivity index (χ2v) is 5.46. The Morgan fingerprint density at radius 1 is 1.18 bits per heavy atom. The second-order valence-electron chi connectivity index (χ2n) is 5.46. The van der Waals surface area contributed by atoms with Gasteiger partial charge in [-0.25, -0.2) is 0 Å². The fourth-order valence-electron chi connectivity index (χ4n) is 2.29. The Morgan fingerprint density at radius 3 is 2.41 bits per heavy atom. The lowest BCUT2D eigenvalue weighted by atomic mass is 9.97. The number of ketones is 1. The fourth-order valence-corrected chi connectivity index (χ4v) is 2.29. The normalized spacial score (nSPS) is 31.8. The zero-order valence-corrected chi connectivity index (χ0v) is 12.9. The van der Waals surface area contributed by atoms with Crippen molar-refractivity contribution in [3.8, 4) is 0 Å². The van der Waals surface area contributed by atoms with Crippen molar-refractivity contribution in [3.05, 3.63) is 0 Å². The number of amides is 1. The molecule has 0 radical (unpaired) electrons. The molecule has 5 atom stereocenters. The zero-order valence-electron chi connectivity index (χ0n) is 12.9. The molecule has 0 aliphatic carbocycles. The molecule has 1 fully saturated rings. The van der Waals surface area contributed by atoms with Gasteiger partial charge in [-0.15, -0.1) is 0 Å². The molecule has 128 valence electrons. The Morgan fingerprint density at radius 2 is 1.86 bits per heavy atom. The van der Waals surface area contributed by atoms with Gasteiger partial charge < -0.3 is 34.9 Å². The van der Waals surface area contributed by atoms with Gasteiger partial charge in [0.2, 0.25) is 5.91 Å².